The average molecular weight is 374 g/mol. The Labute approximate surface area is 155 Å². The first-order valence-electron chi connectivity index (χ1n) is 7.59. The predicted molar refractivity (Wildman–Crippen MR) is 95.7 cm³/mol. The van der Waals surface area contributed by atoms with Gasteiger partial charge < -0.3 is 15.0 Å². The quantitative estimate of drug-likeness (QED) is 0.771. The second-order valence-corrected chi connectivity index (χ2v) is 5.74. The molecule has 1 N–H and O–H groups in total. The first-order chi connectivity index (χ1) is 12.4. The number of benzene rings is 1. The number of nitrogens with zero attached hydrogens (tertiary/aromatic N) is 4. The van der Waals surface area contributed by atoms with Crippen LogP contribution in [0.5, 0.6) is 0 Å². The Morgan fingerprint density at radius 2 is 2.08 bits per heavy atom. The molecule has 1 amide bonds. The zero-order valence-electron chi connectivity index (χ0n) is 14.1. The van der Waals surface area contributed by atoms with Crippen LogP contribution in [-0.2, 0) is 14.3 Å². The van der Waals surface area contributed by atoms with Gasteiger partial charge in [-0.2, -0.15) is 5.26 Å². The maximum absolute atomic E-state index is 12.1. The van der Waals surface area contributed by atoms with Crippen LogP contribution in [-0.4, -0.2) is 41.5 Å². The van der Waals surface area contributed by atoms with E-state index in [9.17, 15) is 9.59 Å². The highest BCUT2D eigenvalue weighted by molar-refractivity contribution is 6.32. The lowest BCUT2D eigenvalue weighted by molar-refractivity contribution is -0.151. The van der Waals surface area contributed by atoms with Crippen LogP contribution in [0, 0.1) is 11.3 Å². The number of halogens is 1. The molecule has 0 bridgehead atoms. The molecule has 0 aliphatic carbocycles. The van der Waals surface area contributed by atoms with E-state index in [0.29, 0.717) is 17.2 Å². The van der Waals surface area contributed by atoms with E-state index in [-0.39, 0.29) is 11.6 Å². The van der Waals surface area contributed by atoms with Crippen molar-refractivity contribution in [2.24, 2.45) is 0 Å². The number of nitriles is 1. The molecule has 0 saturated carbocycles. The van der Waals surface area contributed by atoms with Crippen LogP contribution in [0.25, 0.3) is 0 Å². The molecule has 134 valence electrons. The van der Waals surface area contributed by atoms with Crippen LogP contribution in [0.1, 0.15) is 12.5 Å². The van der Waals surface area contributed by atoms with Crippen molar-refractivity contribution in [3.8, 4) is 6.07 Å². The van der Waals surface area contributed by atoms with Gasteiger partial charge >= 0.3 is 5.97 Å². The molecular weight excluding hydrogens is 358 g/mol. The third-order valence-electron chi connectivity index (χ3n) is 3.29. The number of aromatic nitrogens is 2. The fourth-order valence-corrected chi connectivity index (χ4v) is 2.19. The number of hydrogen-bond acceptors (Lipinski definition) is 7. The summed E-state index contributed by atoms with van der Waals surface area (Å²) >= 11 is 5.92. The summed E-state index contributed by atoms with van der Waals surface area (Å²) in [4.78, 5) is 33.7. The molecule has 1 aromatic heterocycles. The molecule has 0 saturated heterocycles. The van der Waals surface area contributed by atoms with Gasteiger partial charge in [0.15, 0.2) is 6.10 Å². The van der Waals surface area contributed by atoms with Crippen molar-refractivity contribution in [1.82, 2.24) is 9.97 Å². The Kier molecular flexibility index (Phi) is 6.47. The molecule has 26 heavy (non-hydrogen) atoms. The van der Waals surface area contributed by atoms with E-state index in [1.807, 2.05) is 6.07 Å². The van der Waals surface area contributed by atoms with E-state index in [2.05, 4.69) is 15.3 Å². The summed E-state index contributed by atoms with van der Waals surface area (Å²) in [6.07, 6.45) is 2.10. The number of esters is 1. The van der Waals surface area contributed by atoms with Crippen LogP contribution >= 0.6 is 11.6 Å². The second-order valence-electron chi connectivity index (χ2n) is 5.33. The Hall–Kier alpha value is -3.18. The number of carbonyl (C=O) groups excluding carboxylic acids is 2. The molecule has 1 aromatic carbocycles. The molecule has 1 unspecified atom stereocenters. The summed E-state index contributed by atoms with van der Waals surface area (Å²) in [5.74, 6) is -0.744. The highest BCUT2D eigenvalue weighted by atomic mass is 35.5. The number of ether oxygens (including phenoxy) is 1. The zero-order valence-corrected chi connectivity index (χ0v) is 14.9. The van der Waals surface area contributed by atoms with Crippen molar-refractivity contribution >= 4 is 35.1 Å². The Balaban J connectivity index is 1.89. The maximum Gasteiger partial charge on any atom is 0.326 e. The lowest BCUT2D eigenvalue weighted by Crippen LogP contribution is -2.35. The van der Waals surface area contributed by atoms with Gasteiger partial charge in [0.25, 0.3) is 5.91 Å². The molecule has 0 radical (unpaired) electrons. The van der Waals surface area contributed by atoms with Gasteiger partial charge in [-0.15, -0.1) is 0 Å². The lowest BCUT2D eigenvalue weighted by atomic mass is 10.2. The normalized spacial score (nSPS) is 11.2. The van der Waals surface area contributed by atoms with Gasteiger partial charge in [0.05, 0.1) is 10.6 Å². The summed E-state index contributed by atoms with van der Waals surface area (Å²) < 4.78 is 5.12. The lowest BCUT2D eigenvalue weighted by Gasteiger charge is -2.18. The number of nitrogens with one attached hydrogen (secondary N) is 1. The van der Waals surface area contributed by atoms with Crippen molar-refractivity contribution in [1.29, 1.82) is 5.26 Å². The molecule has 0 fully saturated rings. The van der Waals surface area contributed by atoms with Crippen molar-refractivity contribution in [3.63, 3.8) is 0 Å². The van der Waals surface area contributed by atoms with E-state index in [0.717, 1.165) is 0 Å². The van der Waals surface area contributed by atoms with E-state index >= 15 is 0 Å². The molecule has 1 atom stereocenters. The number of carbonyl (C=O) groups is 2. The number of rotatable bonds is 6. The molecule has 2 rings (SSSR count). The van der Waals surface area contributed by atoms with Gasteiger partial charge in [-0.05, 0) is 31.2 Å². The summed E-state index contributed by atoms with van der Waals surface area (Å²) in [6.45, 7) is 1.35. The fraction of sp³-hybridized carbons (Fsp3) is 0.235. The van der Waals surface area contributed by atoms with Gasteiger partial charge in [-0.1, -0.05) is 11.6 Å². The van der Waals surface area contributed by atoms with Gasteiger partial charge in [-0.3, -0.25) is 9.59 Å². The molecule has 0 aliphatic rings. The topological polar surface area (TPSA) is 108 Å². The predicted octanol–water partition coefficient (Wildman–Crippen LogP) is 2.01. The Morgan fingerprint density at radius 1 is 1.38 bits per heavy atom. The van der Waals surface area contributed by atoms with Gasteiger partial charge in [-0.25, -0.2) is 9.97 Å². The second kappa shape index (κ2) is 8.78. The third-order valence-corrected chi connectivity index (χ3v) is 3.61. The number of hydrogen-bond donors (Lipinski definition) is 1. The molecule has 8 nitrogen and oxygen atoms in total. The van der Waals surface area contributed by atoms with Crippen molar-refractivity contribution in [3.05, 3.63) is 47.2 Å². The van der Waals surface area contributed by atoms with Gasteiger partial charge in [0.1, 0.15) is 12.6 Å². The highest BCUT2D eigenvalue weighted by Crippen LogP contribution is 2.20. The number of amides is 1. The fourth-order valence-electron chi connectivity index (χ4n) is 1.97. The monoisotopic (exact) mass is 373 g/mol. The first-order valence-corrected chi connectivity index (χ1v) is 7.96. The Bertz CT molecular complexity index is 838. The third kappa shape index (κ3) is 5.16. The molecular formula is C17H16ClN5O3. The number of likely N-dealkylation sites (N-methyl/N-ethyl adjacent to an activating group) is 1. The van der Waals surface area contributed by atoms with E-state index in [1.54, 1.807) is 25.5 Å². The molecule has 0 spiro atoms. The van der Waals surface area contributed by atoms with Gasteiger partial charge in [0, 0.05) is 25.1 Å². The summed E-state index contributed by atoms with van der Waals surface area (Å²) in [7, 11) is 1.64. The van der Waals surface area contributed by atoms with Crippen LogP contribution < -0.4 is 10.2 Å². The van der Waals surface area contributed by atoms with Crippen LogP contribution in [0.4, 0.5) is 11.6 Å². The summed E-state index contributed by atoms with van der Waals surface area (Å²) in [5.41, 5.74) is 0.701. The van der Waals surface area contributed by atoms with Crippen molar-refractivity contribution in [2.75, 3.05) is 23.8 Å². The summed E-state index contributed by atoms with van der Waals surface area (Å²) in [5, 5.41) is 11.6. The van der Waals surface area contributed by atoms with Crippen LogP contribution in [0.15, 0.2) is 36.7 Å². The van der Waals surface area contributed by atoms with Crippen LogP contribution in [0.2, 0.25) is 5.02 Å². The molecule has 9 heteroatoms. The average Bonchev–Trinajstić information content (AvgIpc) is 2.62. The van der Waals surface area contributed by atoms with E-state index in [1.165, 1.54) is 30.0 Å². The van der Waals surface area contributed by atoms with Crippen LogP contribution in [0.3, 0.4) is 0 Å². The van der Waals surface area contributed by atoms with Crippen molar-refractivity contribution in [2.45, 2.75) is 13.0 Å². The van der Waals surface area contributed by atoms with Crippen molar-refractivity contribution < 1.29 is 14.3 Å². The minimum atomic E-state index is -1.01. The molecule has 1 heterocycles. The minimum Gasteiger partial charge on any atom is -0.451 e. The smallest absolute Gasteiger partial charge is 0.326 e. The zero-order chi connectivity index (χ0) is 19.1. The SMILES string of the molecule is CC(OC(=O)CN(C)c1ncccn1)C(=O)Nc1ccc(C#N)c(Cl)c1. The molecule has 0 aliphatic heterocycles. The number of anilines is 2. The first kappa shape index (κ1) is 19.1. The molecule has 2 aromatic rings. The maximum atomic E-state index is 12.1. The highest BCUT2D eigenvalue weighted by Gasteiger charge is 2.20. The largest absolute Gasteiger partial charge is 0.451 e. The van der Waals surface area contributed by atoms with Gasteiger partial charge in [0.2, 0.25) is 5.95 Å². The minimum absolute atomic E-state index is 0.107. The summed E-state index contributed by atoms with van der Waals surface area (Å²) in [6, 6.07) is 8.07. The Morgan fingerprint density at radius 3 is 2.69 bits per heavy atom. The standard InChI is InChI=1S/C17H16ClN5O3/c1-11(16(25)22-13-5-4-12(9-19)14(18)8-13)26-15(24)10-23(2)17-20-6-3-7-21-17/h3-8,11H,10H2,1-2H3,(H,22,25). The van der Waals surface area contributed by atoms with E-state index in [4.69, 9.17) is 21.6 Å². The van der Waals surface area contributed by atoms with E-state index < -0.39 is 18.0 Å².